The van der Waals surface area contributed by atoms with Crippen LogP contribution in [0.3, 0.4) is 0 Å². The molecule has 0 bridgehead atoms. The van der Waals surface area contributed by atoms with E-state index in [1.165, 1.54) is 38.8 Å². The molecule has 17 heavy (non-hydrogen) atoms. The Bertz CT molecular complexity index is 392. The molecule has 2 aliphatic carbocycles. The third-order valence-corrected chi connectivity index (χ3v) is 5.92. The molecular weight excluding hydrogens is 226 g/mol. The SMILES string of the molecule is CSC1(CNCC2Cc3ccccc32)CCC1. The van der Waals surface area contributed by atoms with Crippen LogP contribution in [-0.2, 0) is 6.42 Å². The summed E-state index contributed by atoms with van der Waals surface area (Å²) in [6.07, 6.45) is 7.77. The summed E-state index contributed by atoms with van der Waals surface area (Å²) < 4.78 is 0.573. The lowest BCUT2D eigenvalue weighted by atomic mass is 9.77. The Morgan fingerprint density at radius 3 is 2.82 bits per heavy atom. The fraction of sp³-hybridized carbons (Fsp3) is 0.600. The van der Waals surface area contributed by atoms with Crippen LogP contribution in [0.25, 0.3) is 0 Å². The smallest absolute Gasteiger partial charge is 0.0281 e. The van der Waals surface area contributed by atoms with Gasteiger partial charge in [-0.05, 0) is 36.6 Å². The third-order valence-electron chi connectivity index (χ3n) is 4.50. The lowest BCUT2D eigenvalue weighted by Gasteiger charge is -2.41. The molecular formula is C15H21NS. The van der Waals surface area contributed by atoms with E-state index in [9.17, 15) is 0 Å². The summed E-state index contributed by atoms with van der Waals surface area (Å²) in [5, 5.41) is 3.70. The van der Waals surface area contributed by atoms with E-state index < -0.39 is 0 Å². The van der Waals surface area contributed by atoms with Gasteiger partial charge >= 0.3 is 0 Å². The highest BCUT2D eigenvalue weighted by atomic mass is 32.2. The van der Waals surface area contributed by atoms with Crippen molar-refractivity contribution in [3.05, 3.63) is 35.4 Å². The van der Waals surface area contributed by atoms with Gasteiger partial charge in [0.25, 0.3) is 0 Å². The van der Waals surface area contributed by atoms with Gasteiger partial charge in [-0.3, -0.25) is 0 Å². The fourth-order valence-electron chi connectivity index (χ4n) is 3.04. The Morgan fingerprint density at radius 1 is 1.35 bits per heavy atom. The number of nitrogens with one attached hydrogen (secondary N) is 1. The first-order valence-corrected chi connectivity index (χ1v) is 7.89. The Labute approximate surface area is 108 Å². The van der Waals surface area contributed by atoms with Gasteiger partial charge in [-0.2, -0.15) is 11.8 Å². The van der Waals surface area contributed by atoms with Gasteiger partial charge in [-0.25, -0.2) is 0 Å². The number of thioether (sulfide) groups is 1. The second-order valence-electron chi connectivity index (χ2n) is 5.47. The van der Waals surface area contributed by atoms with E-state index >= 15 is 0 Å². The maximum Gasteiger partial charge on any atom is 0.0281 e. The van der Waals surface area contributed by atoms with E-state index in [0.29, 0.717) is 4.75 Å². The molecule has 0 heterocycles. The lowest BCUT2D eigenvalue weighted by Crippen LogP contribution is -2.45. The molecule has 1 N–H and O–H groups in total. The first-order valence-electron chi connectivity index (χ1n) is 6.67. The Morgan fingerprint density at radius 2 is 2.18 bits per heavy atom. The van der Waals surface area contributed by atoms with Crippen molar-refractivity contribution in [2.24, 2.45) is 0 Å². The van der Waals surface area contributed by atoms with E-state index in [2.05, 4.69) is 47.6 Å². The maximum atomic E-state index is 3.70. The molecule has 0 spiro atoms. The topological polar surface area (TPSA) is 12.0 Å². The molecule has 3 rings (SSSR count). The summed E-state index contributed by atoms with van der Waals surface area (Å²) in [6, 6.07) is 8.87. The molecule has 0 saturated heterocycles. The minimum absolute atomic E-state index is 0.573. The van der Waals surface area contributed by atoms with Crippen molar-refractivity contribution in [1.29, 1.82) is 0 Å². The average molecular weight is 247 g/mol. The molecule has 2 aliphatic rings. The highest BCUT2D eigenvalue weighted by molar-refractivity contribution is 8.00. The van der Waals surface area contributed by atoms with Crippen molar-refractivity contribution in [2.45, 2.75) is 36.3 Å². The minimum Gasteiger partial charge on any atom is -0.315 e. The summed E-state index contributed by atoms with van der Waals surface area (Å²) in [6.45, 7) is 2.37. The molecule has 0 radical (unpaired) electrons. The minimum atomic E-state index is 0.573. The molecule has 0 aromatic heterocycles. The van der Waals surface area contributed by atoms with Crippen LogP contribution in [0.4, 0.5) is 0 Å². The molecule has 2 heteroatoms. The molecule has 0 amide bonds. The van der Waals surface area contributed by atoms with Crippen LogP contribution < -0.4 is 5.32 Å². The molecule has 1 aromatic carbocycles. The van der Waals surface area contributed by atoms with Crippen LogP contribution in [0.5, 0.6) is 0 Å². The molecule has 1 aromatic rings. The van der Waals surface area contributed by atoms with E-state index in [-0.39, 0.29) is 0 Å². The Kier molecular flexibility index (Phi) is 3.18. The summed E-state index contributed by atoms with van der Waals surface area (Å²) in [4.78, 5) is 0. The average Bonchev–Trinajstić information content (AvgIpc) is 2.28. The fourth-order valence-corrected chi connectivity index (χ4v) is 3.99. The molecule has 1 unspecified atom stereocenters. The third kappa shape index (κ3) is 2.13. The first kappa shape index (κ1) is 11.6. The predicted molar refractivity (Wildman–Crippen MR) is 75.9 cm³/mol. The predicted octanol–water partition coefficient (Wildman–Crippen LogP) is 3.20. The highest BCUT2D eigenvalue weighted by Gasteiger charge is 2.36. The first-order chi connectivity index (χ1) is 8.33. The summed E-state index contributed by atoms with van der Waals surface area (Å²) in [7, 11) is 0. The van der Waals surface area contributed by atoms with Crippen LogP contribution >= 0.6 is 11.8 Å². The molecule has 92 valence electrons. The van der Waals surface area contributed by atoms with Crippen LogP contribution in [-0.4, -0.2) is 24.1 Å². The van der Waals surface area contributed by atoms with Crippen molar-refractivity contribution < 1.29 is 0 Å². The van der Waals surface area contributed by atoms with Crippen molar-refractivity contribution in [1.82, 2.24) is 5.32 Å². The van der Waals surface area contributed by atoms with Gasteiger partial charge in [-0.15, -0.1) is 0 Å². The van der Waals surface area contributed by atoms with Gasteiger partial charge in [0.05, 0.1) is 0 Å². The Balaban J connectivity index is 1.48. The summed E-state index contributed by atoms with van der Waals surface area (Å²) in [5.41, 5.74) is 3.13. The van der Waals surface area contributed by atoms with Crippen molar-refractivity contribution in [2.75, 3.05) is 19.3 Å². The molecule has 1 nitrogen and oxygen atoms in total. The van der Waals surface area contributed by atoms with Crippen molar-refractivity contribution in [3.63, 3.8) is 0 Å². The zero-order valence-corrected chi connectivity index (χ0v) is 11.4. The van der Waals surface area contributed by atoms with Gasteiger partial charge in [0.1, 0.15) is 0 Å². The van der Waals surface area contributed by atoms with Crippen LogP contribution in [0.2, 0.25) is 0 Å². The number of fused-ring (bicyclic) bond motifs is 1. The van der Waals surface area contributed by atoms with Gasteiger partial charge in [0.15, 0.2) is 0 Å². The summed E-state index contributed by atoms with van der Waals surface area (Å²) >= 11 is 2.06. The quantitative estimate of drug-likeness (QED) is 0.857. The van der Waals surface area contributed by atoms with Gasteiger partial charge in [-0.1, -0.05) is 30.7 Å². The zero-order chi connectivity index (χ0) is 11.7. The second kappa shape index (κ2) is 4.66. The summed E-state index contributed by atoms with van der Waals surface area (Å²) in [5.74, 6) is 0.769. The number of hydrogen-bond acceptors (Lipinski definition) is 2. The van der Waals surface area contributed by atoms with E-state index in [0.717, 1.165) is 5.92 Å². The van der Waals surface area contributed by atoms with Gasteiger partial charge in [0.2, 0.25) is 0 Å². The van der Waals surface area contributed by atoms with Crippen LogP contribution in [0.1, 0.15) is 36.3 Å². The normalized spacial score (nSPS) is 24.6. The molecule has 0 aliphatic heterocycles. The standard InChI is InChI=1S/C15H21NS/c1-17-15(7-4-8-15)11-16-10-13-9-12-5-2-3-6-14(12)13/h2-3,5-6,13,16H,4,7-11H2,1H3. The van der Waals surface area contributed by atoms with Gasteiger partial charge < -0.3 is 5.32 Å². The maximum absolute atomic E-state index is 3.70. The molecule has 1 saturated carbocycles. The number of benzene rings is 1. The monoisotopic (exact) mass is 247 g/mol. The second-order valence-corrected chi connectivity index (χ2v) is 6.75. The van der Waals surface area contributed by atoms with Crippen LogP contribution in [0.15, 0.2) is 24.3 Å². The van der Waals surface area contributed by atoms with Crippen molar-refractivity contribution >= 4 is 11.8 Å². The van der Waals surface area contributed by atoms with Crippen LogP contribution in [0, 0.1) is 0 Å². The van der Waals surface area contributed by atoms with E-state index in [4.69, 9.17) is 0 Å². The number of hydrogen-bond donors (Lipinski definition) is 1. The lowest BCUT2D eigenvalue weighted by molar-refractivity contribution is 0.340. The van der Waals surface area contributed by atoms with Gasteiger partial charge in [0, 0.05) is 23.8 Å². The van der Waals surface area contributed by atoms with E-state index in [1.807, 2.05) is 0 Å². The molecule has 1 atom stereocenters. The molecule has 1 fully saturated rings. The highest BCUT2D eigenvalue weighted by Crippen LogP contribution is 2.42. The Hall–Kier alpha value is -0.470. The largest absolute Gasteiger partial charge is 0.315 e. The zero-order valence-electron chi connectivity index (χ0n) is 10.5. The number of rotatable bonds is 5. The van der Waals surface area contributed by atoms with Crippen molar-refractivity contribution in [3.8, 4) is 0 Å². The van der Waals surface area contributed by atoms with E-state index in [1.54, 1.807) is 11.1 Å².